The van der Waals surface area contributed by atoms with Crippen LogP contribution in [-0.4, -0.2) is 32.5 Å². The molecule has 7 heteroatoms. The molecule has 1 fully saturated rings. The molecular formula is C18H19FN4O2. The zero-order chi connectivity index (χ0) is 17.6. The fraction of sp³-hybridized carbons (Fsp3) is 0.389. The molecule has 3 aromatic rings. The normalized spacial score (nSPS) is 18.0. The molecule has 6 nitrogen and oxygen atoms in total. The number of fused-ring (bicyclic) bond motifs is 1. The summed E-state index contributed by atoms with van der Waals surface area (Å²) >= 11 is 0. The smallest absolute Gasteiger partial charge is 0.259 e. The molecule has 0 aliphatic carbocycles. The Morgan fingerprint density at radius 1 is 1.36 bits per heavy atom. The number of halogens is 1. The number of hydrogen-bond acceptors (Lipinski definition) is 4. The molecule has 0 spiro atoms. The molecule has 1 aliphatic heterocycles. The lowest BCUT2D eigenvalue weighted by atomic mass is 10.00. The average Bonchev–Trinajstić information content (AvgIpc) is 3.17. The van der Waals surface area contributed by atoms with E-state index in [0.29, 0.717) is 40.4 Å². The fourth-order valence-corrected chi connectivity index (χ4v) is 3.55. The van der Waals surface area contributed by atoms with Crippen LogP contribution in [0.2, 0.25) is 0 Å². The van der Waals surface area contributed by atoms with Crippen molar-refractivity contribution in [1.29, 1.82) is 0 Å². The van der Waals surface area contributed by atoms with Crippen molar-refractivity contribution in [3.63, 3.8) is 0 Å². The molecule has 1 aromatic carbocycles. The number of aromatic amines is 1. The maximum atomic E-state index is 13.4. The van der Waals surface area contributed by atoms with E-state index < -0.39 is 0 Å². The molecule has 1 unspecified atom stereocenters. The van der Waals surface area contributed by atoms with Gasteiger partial charge in [0.15, 0.2) is 0 Å². The number of aromatic nitrogens is 3. The van der Waals surface area contributed by atoms with E-state index in [4.69, 9.17) is 4.52 Å². The quantitative estimate of drug-likeness (QED) is 0.771. The predicted octanol–water partition coefficient (Wildman–Crippen LogP) is 3.67. The van der Waals surface area contributed by atoms with Crippen LogP contribution < -0.4 is 0 Å². The van der Waals surface area contributed by atoms with Crippen LogP contribution in [0.15, 0.2) is 22.7 Å². The summed E-state index contributed by atoms with van der Waals surface area (Å²) in [5, 5.41) is 3.89. The second kappa shape index (κ2) is 5.98. The number of amides is 1. The van der Waals surface area contributed by atoms with Crippen molar-refractivity contribution in [1.82, 2.24) is 20.0 Å². The highest BCUT2D eigenvalue weighted by Gasteiger charge is 2.33. The highest BCUT2D eigenvalue weighted by Crippen LogP contribution is 2.32. The molecule has 3 heterocycles. The van der Waals surface area contributed by atoms with Crippen LogP contribution in [0, 0.1) is 19.7 Å². The summed E-state index contributed by atoms with van der Waals surface area (Å²) in [7, 11) is 0. The first-order valence-electron chi connectivity index (χ1n) is 8.43. The third-order valence-electron chi connectivity index (χ3n) is 4.79. The Labute approximate surface area is 144 Å². The van der Waals surface area contributed by atoms with E-state index in [1.54, 1.807) is 19.9 Å². The molecule has 1 aliphatic rings. The minimum atomic E-state index is -0.310. The van der Waals surface area contributed by atoms with Gasteiger partial charge in [-0.15, -0.1) is 0 Å². The third kappa shape index (κ3) is 2.69. The van der Waals surface area contributed by atoms with Gasteiger partial charge in [0.25, 0.3) is 5.91 Å². The number of hydrogen-bond donors (Lipinski definition) is 1. The SMILES string of the molecule is Cc1noc(C)c1C(=O)N1CCCCC1c1nc2ccc(F)cc2[nH]1. The van der Waals surface area contributed by atoms with Crippen molar-refractivity contribution in [3.8, 4) is 0 Å². The van der Waals surface area contributed by atoms with Gasteiger partial charge < -0.3 is 14.4 Å². The topological polar surface area (TPSA) is 75.0 Å². The van der Waals surface area contributed by atoms with E-state index in [2.05, 4.69) is 15.1 Å². The molecule has 130 valence electrons. The maximum absolute atomic E-state index is 13.4. The number of nitrogens with one attached hydrogen (secondary N) is 1. The van der Waals surface area contributed by atoms with E-state index in [1.807, 2.05) is 4.90 Å². The summed E-state index contributed by atoms with van der Waals surface area (Å²) in [6.07, 6.45) is 2.78. The van der Waals surface area contributed by atoms with Gasteiger partial charge in [0, 0.05) is 6.54 Å². The van der Waals surface area contributed by atoms with Crippen molar-refractivity contribution in [3.05, 3.63) is 46.9 Å². The minimum absolute atomic E-state index is 0.0902. The largest absolute Gasteiger partial charge is 0.361 e. The lowest BCUT2D eigenvalue weighted by molar-refractivity contribution is 0.0599. The van der Waals surface area contributed by atoms with E-state index in [1.165, 1.54) is 12.1 Å². The number of nitrogens with zero attached hydrogens (tertiary/aromatic N) is 3. The summed E-state index contributed by atoms with van der Waals surface area (Å²) in [4.78, 5) is 22.7. The Morgan fingerprint density at radius 2 is 2.20 bits per heavy atom. The van der Waals surface area contributed by atoms with Gasteiger partial charge in [-0.3, -0.25) is 4.79 Å². The summed E-state index contributed by atoms with van der Waals surface area (Å²) in [6, 6.07) is 4.30. The van der Waals surface area contributed by atoms with Gasteiger partial charge in [-0.25, -0.2) is 9.37 Å². The van der Waals surface area contributed by atoms with E-state index in [-0.39, 0.29) is 17.8 Å². The van der Waals surface area contributed by atoms with Crippen molar-refractivity contribution < 1.29 is 13.7 Å². The molecule has 1 atom stereocenters. The number of benzene rings is 1. The monoisotopic (exact) mass is 342 g/mol. The van der Waals surface area contributed by atoms with Gasteiger partial charge in [-0.05, 0) is 51.3 Å². The number of imidazole rings is 1. The van der Waals surface area contributed by atoms with Gasteiger partial charge in [0.2, 0.25) is 0 Å². The molecule has 1 amide bonds. The lowest BCUT2D eigenvalue weighted by Crippen LogP contribution is -2.39. The van der Waals surface area contributed by atoms with Crippen LogP contribution >= 0.6 is 0 Å². The minimum Gasteiger partial charge on any atom is -0.361 e. The summed E-state index contributed by atoms with van der Waals surface area (Å²) in [5.74, 6) is 0.821. The molecule has 0 bridgehead atoms. The summed E-state index contributed by atoms with van der Waals surface area (Å²) in [5.41, 5.74) is 2.46. The second-order valence-electron chi connectivity index (χ2n) is 6.49. The van der Waals surface area contributed by atoms with Crippen molar-refractivity contribution in [2.45, 2.75) is 39.2 Å². The van der Waals surface area contributed by atoms with Crippen LogP contribution in [0.3, 0.4) is 0 Å². The van der Waals surface area contributed by atoms with Crippen LogP contribution in [0.4, 0.5) is 4.39 Å². The fourth-order valence-electron chi connectivity index (χ4n) is 3.55. The number of carbonyl (C=O) groups excluding carboxylic acids is 1. The van der Waals surface area contributed by atoms with Gasteiger partial charge in [0.05, 0.1) is 22.8 Å². The highest BCUT2D eigenvalue weighted by atomic mass is 19.1. The van der Waals surface area contributed by atoms with E-state index in [0.717, 1.165) is 19.3 Å². The molecule has 0 saturated carbocycles. The Bertz CT molecular complexity index is 926. The molecule has 4 rings (SSSR count). The molecule has 1 N–H and O–H groups in total. The number of aryl methyl sites for hydroxylation is 2. The lowest BCUT2D eigenvalue weighted by Gasteiger charge is -2.34. The number of carbonyl (C=O) groups is 1. The van der Waals surface area contributed by atoms with Crippen LogP contribution in [0.5, 0.6) is 0 Å². The molecule has 1 saturated heterocycles. The molecule has 2 aromatic heterocycles. The first kappa shape index (κ1) is 15.8. The van der Waals surface area contributed by atoms with E-state index in [9.17, 15) is 9.18 Å². The third-order valence-corrected chi connectivity index (χ3v) is 4.79. The number of rotatable bonds is 2. The van der Waals surface area contributed by atoms with Crippen molar-refractivity contribution in [2.75, 3.05) is 6.54 Å². The predicted molar refractivity (Wildman–Crippen MR) is 89.7 cm³/mol. The standard InChI is InChI=1S/C18H19FN4O2/c1-10-16(11(2)25-22-10)18(24)23-8-4-3-5-15(23)17-20-13-7-6-12(19)9-14(13)21-17/h6-7,9,15H,3-5,8H2,1-2H3,(H,20,21). The Balaban J connectivity index is 1.72. The van der Waals surface area contributed by atoms with Crippen LogP contribution in [-0.2, 0) is 0 Å². The molecule has 0 radical (unpaired) electrons. The Kier molecular flexibility index (Phi) is 3.78. The van der Waals surface area contributed by atoms with E-state index >= 15 is 0 Å². The number of piperidine rings is 1. The maximum Gasteiger partial charge on any atom is 0.259 e. The molecule has 25 heavy (non-hydrogen) atoms. The number of H-pyrrole nitrogens is 1. The average molecular weight is 342 g/mol. The summed E-state index contributed by atoms with van der Waals surface area (Å²) in [6.45, 7) is 4.17. The van der Waals surface area contributed by atoms with Crippen LogP contribution in [0.1, 0.15) is 52.9 Å². The van der Waals surface area contributed by atoms with Crippen LogP contribution in [0.25, 0.3) is 11.0 Å². The van der Waals surface area contributed by atoms with Gasteiger partial charge in [-0.2, -0.15) is 0 Å². The first-order valence-corrected chi connectivity index (χ1v) is 8.43. The van der Waals surface area contributed by atoms with Crippen molar-refractivity contribution in [2.24, 2.45) is 0 Å². The second-order valence-corrected chi connectivity index (χ2v) is 6.49. The highest BCUT2D eigenvalue weighted by molar-refractivity contribution is 5.96. The summed E-state index contributed by atoms with van der Waals surface area (Å²) < 4.78 is 18.6. The Hall–Kier alpha value is -2.70. The van der Waals surface area contributed by atoms with Gasteiger partial charge >= 0.3 is 0 Å². The van der Waals surface area contributed by atoms with Crippen molar-refractivity contribution >= 4 is 16.9 Å². The van der Waals surface area contributed by atoms with Gasteiger partial charge in [-0.1, -0.05) is 5.16 Å². The number of likely N-dealkylation sites (tertiary alicyclic amines) is 1. The Morgan fingerprint density at radius 3 is 2.96 bits per heavy atom. The first-order chi connectivity index (χ1) is 12.0. The molecular weight excluding hydrogens is 323 g/mol. The van der Waals surface area contributed by atoms with Gasteiger partial charge in [0.1, 0.15) is 23.0 Å². The zero-order valence-electron chi connectivity index (χ0n) is 14.2. The zero-order valence-corrected chi connectivity index (χ0v) is 14.2.